The summed E-state index contributed by atoms with van der Waals surface area (Å²) in [7, 11) is 0. The van der Waals surface area contributed by atoms with Gasteiger partial charge in [-0.2, -0.15) is 0 Å². The Bertz CT molecular complexity index is 1450. The van der Waals surface area contributed by atoms with Crippen molar-refractivity contribution in [3.63, 3.8) is 0 Å². The fraction of sp³-hybridized carbons (Fsp3) is 0.282. The highest BCUT2D eigenvalue weighted by Crippen LogP contribution is 2.57. The standard InChI is InChI=1S/C39H42O4/c1-7-17-40-19-21-42-37-27(3)23-31(24-28(37)4)39(35-15-11-9-13-33(35)34-14-10-12-16-36(34)39)32-25-29(5)38(30(6)26-32)43-22-20-41-18-8-2/h7-16,23-26H,1-2,17-22H2,3-6H3. The summed E-state index contributed by atoms with van der Waals surface area (Å²) in [6, 6.07) is 26.9. The van der Waals surface area contributed by atoms with Crippen molar-refractivity contribution in [3.05, 3.63) is 143 Å². The molecule has 222 valence electrons. The maximum absolute atomic E-state index is 6.23. The minimum atomic E-state index is -0.505. The molecule has 0 fully saturated rings. The van der Waals surface area contributed by atoms with Gasteiger partial charge in [-0.15, -0.1) is 13.2 Å². The van der Waals surface area contributed by atoms with Crippen LogP contribution in [0, 0.1) is 27.7 Å². The Balaban J connectivity index is 1.65. The van der Waals surface area contributed by atoms with E-state index in [2.05, 4.69) is 114 Å². The van der Waals surface area contributed by atoms with Crippen molar-refractivity contribution >= 4 is 0 Å². The van der Waals surface area contributed by atoms with Crippen molar-refractivity contribution in [1.82, 2.24) is 0 Å². The molecule has 0 aliphatic heterocycles. The van der Waals surface area contributed by atoms with E-state index in [9.17, 15) is 0 Å². The lowest BCUT2D eigenvalue weighted by Gasteiger charge is -2.35. The van der Waals surface area contributed by atoms with E-state index in [1.165, 1.54) is 33.4 Å². The number of rotatable bonds is 14. The third kappa shape index (κ3) is 5.78. The molecule has 0 saturated heterocycles. The molecule has 4 heteroatoms. The van der Waals surface area contributed by atoms with E-state index in [-0.39, 0.29) is 0 Å². The topological polar surface area (TPSA) is 36.9 Å². The van der Waals surface area contributed by atoms with Gasteiger partial charge in [0.05, 0.1) is 31.8 Å². The minimum Gasteiger partial charge on any atom is -0.491 e. The zero-order chi connectivity index (χ0) is 30.4. The molecule has 43 heavy (non-hydrogen) atoms. The Morgan fingerprint density at radius 3 is 1.30 bits per heavy atom. The van der Waals surface area contributed by atoms with Crippen LogP contribution in [0.3, 0.4) is 0 Å². The maximum Gasteiger partial charge on any atom is 0.125 e. The summed E-state index contributed by atoms with van der Waals surface area (Å²) in [6.07, 6.45) is 3.51. The first kappa shape index (κ1) is 30.3. The number of hydrogen-bond acceptors (Lipinski definition) is 4. The molecule has 0 N–H and O–H groups in total. The van der Waals surface area contributed by atoms with Crippen LogP contribution in [0.15, 0.2) is 98.1 Å². The van der Waals surface area contributed by atoms with Crippen LogP contribution in [-0.4, -0.2) is 39.6 Å². The van der Waals surface area contributed by atoms with Gasteiger partial charge in [0.15, 0.2) is 0 Å². The highest BCUT2D eigenvalue weighted by Gasteiger charge is 2.46. The Morgan fingerprint density at radius 2 is 0.930 bits per heavy atom. The van der Waals surface area contributed by atoms with Crippen LogP contribution in [-0.2, 0) is 14.9 Å². The summed E-state index contributed by atoms with van der Waals surface area (Å²) in [6.45, 7) is 19.0. The van der Waals surface area contributed by atoms with E-state index < -0.39 is 5.41 Å². The summed E-state index contributed by atoms with van der Waals surface area (Å²) >= 11 is 0. The number of ether oxygens (including phenoxy) is 4. The molecule has 0 bridgehead atoms. The summed E-state index contributed by atoms with van der Waals surface area (Å²) in [5.74, 6) is 1.82. The van der Waals surface area contributed by atoms with Crippen molar-refractivity contribution < 1.29 is 18.9 Å². The Morgan fingerprint density at radius 1 is 0.558 bits per heavy atom. The molecule has 0 radical (unpaired) electrons. The van der Waals surface area contributed by atoms with Gasteiger partial charge in [-0.1, -0.05) is 84.9 Å². The highest BCUT2D eigenvalue weighted by atomic mass is 16.5. The highest BCUT2D eigenvalue weighted by molar-refractivity contribution is 5.86. The summed E-state index contributed by atoms with van der Waals surface area (Å²) in [4.78, 5) is 0. The van der Waals surface area contributed by atoms with E-state index in [1.807, 2.05) is 0 Å². The first-order chi connectivity index (χ1) is 20.9. The monoisotopic (exact) mass is 574 g/mol. The van der Waals surface area contributed by atoms with Crippen LogP contribution in [0.25, 0.3) is 11.1 Å². The van der Waals surface area contributed by atoms with Crippen LogP contribution < -0.4 is 9.47 Å². The molecule has 0 unspecified atom stereocenters. The quantitative estimate of drug-likeness (QED) is 0.0985. The van der Waals surface area contributed by atoms with E-state index in [0.717, 1.165) is 33.8 Å². The SMILES string of the molecule is C=CCOCCOc1c(C)cc(C2(c3cc(C)c(OCCOCC=C)c(C)c3)c3ccccc3-c3ccccc32)cc1C. The molecule has 0 saturated carbocycles. The molecule has 1 aliphatic rings. The predicted octanol–water partition coefficient (Wildman–Crippen LogP) is 8.45. The predicted molar refractivity (Wildman–Crippen MR) is 176 cm³/mol. The van der Waals surface area contributed by atoms with Gasteiger partial charge in [0.2, 0.25) is 0 Å². The van der Waals surface area contributed by atoms with Gasteiger partial charge in [0.25, 0.3) is 0 Å². The van der Waals surface area contributed by atoms with Crippen molar-refractivity contribution in [2.45, 2.75) is 33.1 Å². The molecule has 0 atom stereocenters. The van der Waals surface area contributed by atoms with Gasteiger partial charge in [-0.3, -0.25) is 0 Å². The van der Waals surface area contributed by atoms with Crippen LogP contribution in [0.1, 0.15) is 44.5 Å². The van der Waals surface area contributed by atoms with Crippen molar-refractivity contribution in [2.75, 3.05) is 39.6 Å². The first-order valence-corrected chi connectivity index (χ1v) is 15.0. The zero-order valence-electron chi connectivity index (χ0n) is 25.9. The first-order valence-electron chi connectivity index (χ1n) is 15.0. The second-order valence-corrected chi connectivity index (χ2v) is 11.1. The molecule has 0 aromatic heterocycles. The Labute approximate surface area is 256 Å². The molecule has 1 aliphatic carbocycles. The largest absolute Gasteiger partial charge is 0.491 e. The van der Waals surface area contributed by atoms with E-state index in [4.69, 9.17) is 18.9 Å². The molecule has 0 amide bonds. The lowest BCUT2D eigenvalue weighted by molar-refractivity contribution is 0.120. The second kappa shape index (κ2) is 13.5. The molecule has 0 heterocycles. The van der Waals surface area contributed by atoms with Crippen LogP contribution in [0.5, 0.6) is 11.5 Å². The second-order valence-electron chi connectivity index (χ2n) is 11.1. The van der Waals surface area contributed by atoms with E-state index in [0.29, 0.717) is 39.6 Å². The normalized spacial score (nSPS) is 12.8. The van der Waals surface area contributed by atoms with Crippen LogP contribution >= 0.6 is 0 Å². The summed E-state index contributed by atoms with van der Waals surface area (Å²) in [5, 5.41) is 0. The minimum absolute atomic E-state index is 0.490. The van der Waals surface area contributed by atoms with Crippen molar-refractivity contribution in [3.8, 4) is 22.6 Å². The van der Waals surface area contributed by atoms with Gasteiger partial charge in [0, 0.05) is 0 Å². The third-order valence-corrected chi connectivity index (χ3v) is 8.16. The van der Waals surface area contributed by atoms with Crippen LogP contribution in [0.4, 0.5) is 0 Å². The molecular weight excluding hydrogens is 532 g/mol. The zero-order valence-corrected chi connectivity index (χ0v) is 25.9. The molecule has 5 rings (SSSR count). The van der Waals surface area contributed by atoms with Gasteiger partial charge in [0.1, 0.15) is 24.7 Å². The van der Waals surface area contributed by atoms with Gasteiger partial charge in [-0.05, 0) is 83.3 Å². The molecule has 4 aromatic carbocycles. The van der Waals surface area contributed by atoms with E-state index in [1.54, 1.807) is 12.2 Å². The van der Waals surface area contributed by atoms with Gasteiger partial charge >= 0.3 is 0 Å². The fourth-order valence-corrected chi connectivity index (χ4v) is 6.55. The van der Waals surface area contributed by atoms with Crippen molar-refractivity contribution in [1.29, 1.82) is 0 Å². The molecule has 4 aromatic rings. The smallest absolute Gasteiger partial charge is 0.125 e. The lowest BCUT2D eigenvalue weighted by Crippen LogP contribution is -2.29. The molecule has 4 nitrogen and oxygen atoms in total. The Hall–Kier alpha value is -4.12. The number of benzene rings is 4. The number of fused-ring (bicyclic) bond motifs is 3. The van der Waals surface area contributed by atoms with E-state index >= 15 is 0 Å². The lowest BCUT2D eigenvalue weighted by atomic mass is 9.66. The number of aryl methyl sites for hydroxylation is 4. The van der Waals surface area contributed by atoms with Gasteiger partial charge in [-0.25, -0.2) is 0 Å². The molecule has 0 spiro atoms. The Kier molecular flexibility index (Phi) is 9.49. The summed E-state index contributed by atoms with van der Waals surface area (Å²) < 4.78 is 23.6. The average molecular weight is 575 g/mol. The summed E-state index contributed by atoms with van der Waals surface area (Å²) in [5.41, 5.74) is 11.5. The van der Waals surface area contributed by atoms with Gasteiger partial charge < -0.3 is 18.9 Å². The molecular formula is C39H42O4. The maximum atomic E-state index is 6.23. The third-order valence-electron chi connectivity index (χ3n) is 8.16. The van der Waals surface area contributed by atoms with Crippen LogP contribution in [0.2, 0.25) is 0 Å². The fourth-order valence-electron chi connectivity index (χ4n) is 6.55. The average Bonchev–Trinajstić information content (AvgIpc) is 3.30. The number of hydrogen-bond donors (Lipinski definition) is 0. The van der Waals surface area contributed by atoms with Crippen molar-refractivity contribution in [2.24, 2.45) is 0 Å².